The van der Waals surface area contributed by atoms with E-state index in [0.29, 0.717) is 11.5 Å². The zero-order chi connectivity index (χ0) is 24.0. The van der Waals surface area contributed by atoms with Gasteiger partial charge in [0.15, 0.2) is 11.6 Å². The molecule has 5 rings (SSSR count). The molecule has 1 aliphatic rings. The van der Waals surface area contributed by atoms with E-state index in [9.17, 15) is 0 Å². The van der Waals surface area contributed by atoms with Crippen LogP contribution in [0.2, 0.25) is 0 Å². The number of nitrogens with one attached hydrogen (secondary N) is 1. The average molecular weight is 467 g/mol. The van der Waals surface area contributed by atoms with Gasteiger partial charge < -0.3 is 20.7 Å². The number of anilines is 4. The molecule has 1 fully saturated rings. The Morgan fingerprint density at radius 3 is 1.97 bits per heavy atom. The van der Waals surface area contributed by atoms with Crippen LogP contribution in [0.3, 0.4) is 0 Å². The molecule has 3 aromatic carbocycles. The van der Waals surface area contributed by atoms with E-state index in [0.717, 1.165) is 43.4 Å². The van der Waals surface area contributed by atoms with Crippen molar-refractivity contribution in [3.8, 4) is 5.75 Å². The molecule has 0 unspecified atom stereocenters. The molecule has 2 heterocycles. The molecule has 0 spiro atoms. The first-order valence-electron chi connectivity index (χ1n) is 11.8. The fraction of sp³-hybridized carbons (Fsp3) is 0.214. The molecule has 7 heteroatoms. The molecular weight excluding hydrogens is 436 g/mol. The van der Waals surface area contributed by atoms with Gasteiger partial charge in [0.05, 0.1) is 13.2 Å². The summed E-state index contributed by atoms with van der Waals surface area (Å²) in [6.07, 6.45) is 1.57. The summed E-state index contributed by atoms with van der Waals surface area (Å²) in [7, 11) is 1.65. The average Bonchev–Trinajstić information content (AvgIpc) is 2.92. The Balaban J connectivity index is 1.32. The lowest BCUT2D eigenvalue weighted by Crippen LogP contribution is -2.48. The predicted octanol–water partition coefficient (Wildman–Crippen LogP) is 4.72. The highest BCUT2D eigenvalue weighted by atomic mass is 16.5. The Bertz CT molecular complexity index is 1190. The largest absolute Gasteiger partial charge is 0.497 e. The summed E-state index contributed by atoms with van der Waals surface area (Å²) in [6.45, 7) is 3.47. The summed E-state index contributed by atoms with van der Waals surface area (Å²) in [4.78, 5) is 13.7. The van der Waals surface area contributed by atoms with E-state index >= 15 is 0 Å². The molecule has 1 aromatic heterocycles. The second kappa shape index (κ2) is 10.4. The van der Waals surface area contributed by atoms with Crippen LogP contribution in [0.4, 0.5) is 23.0 Å². The van der Waals surface area contributed by atoms with Crippen molar-refractivity contribution in [3.05, 3.63) is 102 Å². The van der Waals surface area contributed by atoms with Crippen molar-refractivity contribution >= 4 is 23.0 Å². The number of nitrogens with two attached hydrogens (primary N) is 1. The molecular formula is C28H30N6O. The standard InChI is InChI=1S/C28H30N6O/c1-35-24-14-12-23(13-15-24)32-27-25(29)28(31-20-30-27)34-18-16-33(17-19-34)26(21-8-4-2-5-9-21)22-10-6-3-7-11-22/h2-15,20,26H,16-19,29H2,1H3,(H,30,31,32). The third kappa shape index (κ3) is 5.05. The van der Waals surface area contributed by atoms with E-state index in [1.807, 2.05) is 24.3 Å². The van der Waals surface area contributed by atoms with Gasteiger partial charge in [-0.3, -0.25) is 4.90 Å². The van der Waals surface area contributed by atoms with Gasteiger partial charge in [0, 0.05) is 31.9 Å². The number of nitrogens with zero attached hydrogens (tertiary/aromatic N) is 4. The smallest absolute Gasteiger partial charge is 0.159 e. The molecule has 7 nitrogen and oxygen atoms in total. The van der Waals surface area contributed by atoms with Crippen LogP contribution in [-0.4, -0.2) is 48.2 Å². The fourth-order valence-electron chi connectivity index (χ4n) is 4.63. The summed E-state index contributed by atoms with van der Waals surface area (Å²) in [6, 6.07) is 29.3. The first-order chi connectivity index (χ1) is 17.2. The molecule has 3 N–H and O–H groups in total. The van der Waals surface area contributed by atoms with Crippen LogP contribution in [0.25, 0.3) is 0 Å². The van der Waals surface area contributed by atoms with Gasteiger partial charge in [-0.25, -0.2) is 9.97 Å². The molecule has 0 bridgehead atoms. The zero-order valence-corrected chi connectivity index (χ0v) is 19.8. The van der Waals surface area contributed by atoms with Gasteiger partial charge in [-0.1, -0.05) is 60.7 Å². The van der Waals surface area contributed by atoms with E-state index in [4.69, 9.17) is 10.5 Å². The minimum atomic E-state index is 0.217. The first-order valence-corrected chi connectivity index (χ1v) is 11.8. The number of methoxy groups -OCH3 is 1. The van der Waals surface area contributed by atoms with Crippen LogP contribution in [0, 0.1) is 0 Å². The summed E-state index contributed by atoms with van der Waals surface area (Å²) < 4.78 is 5.23. The van der Waals surface area contributed by atoms with Crippen molar-refractivity contribution < 1.29 is 4.74 Å². The lowest BCUT2D eigenvalue weighted by Gasteiger charge is -2.40. The zero-order valence-electron chi connectivity index (χ0n) is 19.8. The van der Waals surface area contributed by atoms with Crippen LogP contribution in [0.5, 0.6) is 5.75 Å². The van der Waals surface area contributed by atoms with Gasteiger partial charge in [0.25, 0.3) is 0 Å². The van der Waals surface area contributed by atoms with E-state index in [-0.39, 0.29) is 6.04 Å². The van der Waals surface area contributed by atoms with Gasteiger partial charge in [0.2, 0.25) is 0 Å². The van der Waals surface area contributed by atoms with Gasteiger partial charge in [0.1, 0.15) is 17.8 Å². The van der Waals surface area contributed by atoms with Gasteiger partial charge in [-0.05, 0) is 35.4 Å². The minimum Gasteiger partial charge on any atom is -0.497 e. The first kappa shape index (κ1) is 22.7. The van der Waals surface area contributed by atoms with Crippen LogP contribution in [0.1, 0.15) is 17.2 Å². The number of nitrogen functional groups attached to an aromatic ring is 1. The van der Waals surface area contributed by atoms with Crippen molar-refractivity contribution in [3.63, 3.8) is 0 Å². The Kier molecular flexibility index (Phi) is 6.77. The van der Waals surface area contributed by atoms with Crippen LogP contribution < -0.4 is 20.7 Å². The van der Waals surface area contributed by atoms with Crippen LogP contribution in [0.15, 0.2) is 91.3 Å². The van der Waals surface area contributed by atoms with E-state index in [1.54, 1.807) is 13.4 Å². The quantitative estimate of drug-likeness (QED) is 0.408. The maximum atomic E-state index is 6.53. The third-order valence-corrected chi connectivity index (χ3v) is 6.43. The Hall–Kier alpha value is -4.10. The fourth-order valence-corrected chi connectivity index (χ4v) is 4.63. The highest BCUT2D eigenvalue weighted by molar-refractivity contribution is 5.78. The normalized spacial score (nSPS) is 14.2. The number of benzene rings is 3. The Morgan fingerprint density at radius 1 is 0.800 bits per heavy atom. The number of aromatic nitrogens is 2. The molecule has 35 heavy (non-hydrogen) atoms. The number of ether oxygens (including phenoxy) is 1. The van der Waals surface area contributed by atoms with Crippen molar-refractivity contribution in [2.45, 2.75) is 6.04 Å². The lowest BCUT2D eigenvalue weighted by atomic mass is 9.96. The molecule has 178 valence electrons. The van der Waals surface area contributed by atoms with Gasteiger partial charge in [-0.2, -0.15) is 0 Å². The summed E-state index contributed by atoms with van der Waals surface area (Å²) >= 11 is 0. The molecule has 0 saturated carbocycles. The molecule has 0 aliphatic carbocycles. The molecule has 0 radical (unpaired) electrons. The van der Waals surface area contributed by atoms with Gasteiger partial charge >= 0.3 is 0 Å². The maximum Gasteiger partial charge on any atom is 0.159 e. The van der Waals surface area contributed by atoms with Crippen LogP contribution in [-0.2, 0) is 0 Å². The maximum absolute atomic E-state index is 6.53. The monoisotopic (exact) mass is 466 g/mol. The second-order valence-corrected chi connectivity index (χ2v) is 8.56. The van der Waals surface area contributed by atoms with E-state index in [1.165, 1.54) is 11.1 Å². The van der Waals surface area contributed by atoms with Crippen molar-refractivity contribution in [1.82, 2.24) is 14.9 Å². The molecule has 0 atom stereocenters. The van der Waals surface area contributed by atoms with Crippen LogP contribution >= 0.6 is 0 Å². The Labute approximate surface area is 206 Å². The number of piperazine rings is 1. The Morgan fingerprint density at radius 2 is 1.40 bits per heavy atom. The summed E-state index contributed by atoms with van der Waals surface area (Å²) in [5.41, 5.74) is 10.6. The van der Waals surface area contributed by atoms with Crippen molar-refractivity contribution in [1.29, 1.82) is 0 Å². The van der Waals surface area contributed by atoms with E-state index in [2.05, 4.69) is 85.7 Å². The lowest BCUT2D eigenvalue weighted by molar-refractivity contribution is 0.212. The van der Waals surface area contributed by atoms with E-state index < -0.39 is 0 Å². The summed E-state index contributed by atoms with van der Waals surface area (Å²) in [5.74, 6) is 2.18. The highest BCUT2D eigenvalue weighted by Gasteiger charge is 2.28. The summed E-state index contributed by atoms with van der Waals surface area (Å²) in [5, 5.41) is 3.30. The number of rotatable bonds is 7. The predicted molar refractivity (Wildman–Crippen MR) is 141 cm³/mol. The minimum absolute atomic E-state index is 0.217. The SMILES string of the molecule is COc1ccc(Nc2ncnc(N3CCN(C(c4ccccc4)c4ccccc4)CC3)c2N)cc1. The van der Waals surface area contributed by atoms with Gasteiger partial charge in [-0.15, -0.1) is 0 Å². The third-order valence-electron chi connectivity index (χ3n) is 6.43. The van der Waals surface area contributed by atoms with Crippen molar-refractivity contribution in [2.24, 2.45) is 0 Å². The molecule has 1 aliphatic heterocycles. The molecule has 4 aromatic rings. The van der Waals surface area contributed by atoms with Crippen molar-refractivity contribution in [2.75, 3.05) is 49.2 Å². The molecule has 0 amide bonds. The number of hydrogen-bond donors (Lipinski definition) is 2. The number of hydrogen-bond acceptors (Lipinski definition) is 7. The molecule has 1 saturated heterocycles. The second-order valence-electron chi connectivity index (χ2n) is 8.56. The topological polar surface area (TPSA) is 79.5 Å². The highest BCUT2D eigenvalue weighted by Crippen LogP contribution is 2.33.